The second-order valence-corrected chi connectivity index (χ2v) is 12.3. The summed E-state index contributed by atoms with van der Waals surface area (Å²) in [4.78, 5) is 30.3. The number of ether oxygens (including phenoxy) is 3. The Balaban J connectivity index is 1.23. The summed E-state index contributed by atoms with van der Waals surface area (Å²) in [7, 11) is 3.74. The van der Waals surface area contributed by atoms with Gasteiger partial charge in [-0.2, -0.15) is 0 Å². The summed E-state index contributed by atoms with van der Waals surface area (Å²) < 4.78 is 18.2. The SMILES string of the molecule is CCCN(C(=O)c1ccc(OC23CCCC(CC2)N3C)cc1)c1ccc(Oc2ccc(NC(=O)NC(CC)CC)cc2OC)cc1. The number of nitrogens with zero attached hydrogens (tertiary/aromatic N) is 2. The second-order valence-electron chi connectivity index (χ2n) is 12.3. The molecule has 2 unspecified atom stereocenters. The Morgan fingerprint density at radius 3 is 2.33 bits per heavy atom. The van der Waals surface area contributed by atoms with E-state index in [0.717, 1.165) is 43.5 Å². The molecule has 2 atom stereocenters. The van der Waals surface area contributed by atoms with Crippen molar-refractivity contribution in [3.63, 3.8) is 0 Å². The zero-order valence-electron chi connectivity index (χ0n) is 27.8. The number of piperidine rings is 1. The van der Waals surface area contributed by atoms with Crippen molar-refractivity contribution in [1.82, 2.24) is 10.2 Å². The van der Waals surface area contributed by atoms with Crippen molar-refractivity contribution in [2.24, 2.45) is 0 Å². The number of hydrogen-bond acceptors (Lipinski definition) is 6. The van der Waals surface area contributed by atoms with E-state index >= 15 is 0 Å². The van der Waals surface area contributed by atoms with Gasteiger partial charge in [-0.25, -0.2) is 4.79 Å². The molecule has 0 spiro atoms. The van der Waals surface area contributed by atoms with Gasteiger partial charge in [-0.3, -0.25) is 9.69 Å². The molecule has 2 aliphatic heterocycles. The summed E-state index contributed by atoms with van der Waals surface area (Å²) >= 11 is 0. The van der Waals surface area contributed by atoms with Gasteiger partial charge >= 0.3 is 6.03 Å². The Kier molecular flexibility index (Phi) is 10.7. The zero-order valence-corrected chi connectivity index (χ0v) is 27.8. The van der Waals surface area contributed by atoms with Crippen molar-refractivity contribution >= 4 is 23.3 Å². The summed E-state index contributed by atoms with van der Waals surface area (Å²) in [5.41, 5.74) is 1.78. The molecule has 2 N–H and O–H groups in total. The van der Waals surface area contributed by atoms with E-state index < -0.39 is 0 Å². The highest BCUT2D eigenvalue weighted by Gasteiger charge is 2.48. The molecular weight excluding hydrogens is 580 g/mol. The van der Waals surface area contributed by atoms with Gasteiger partial charge in [0.1, 0.15) is 11.5 Å². The van der Waals surface area contributed by atoms with Gasteiger partial charge in [0, 0.05) is 54.5 Å². The summed E-state index contributed by atoms with van der Waals surface area (Å²) in [6, 6.07) is 20.8. The number of hydrogen-bond donors (Lipinski definition) is 2. The van der Waals surface area contributed by atoms with Crippen molar-refractivity contribution < 1.29 is 23.8 Å². The lowest BCUT2D eigenvalue weighted by molar-refractivity contribution is -0.0823. The number of methoxy groups -OCH3 is 1. The van der Waals surface area contributed by atoms with E-state index in [9.17, 15) is 9.59 Å². The topological polar surface area (TPSA) is 92.4 Å². The second kappa shape index (κ2) is 14.9. The normalized spacial score (nSPS) is 19.0. The number of urea groups is 1. The van der Waals surface area contributed by atoms with Gasteiger partial charge in [-0.15, -0.1) is 0 Å². The van der Waals surface area contributed by atoms with Crippen LogP contribution in [0.3, 0.4) is 0 Å². The molecule has 0 aliphatic carbocycles. The van der Waals surface area contributed by atoms with Gasteiger partial charge in [-0.1, -0.05) is 20.8 Å². The maximum Gasteiger partial charge on any atom is 0.319 e. The van der Waals surface area contributed by atoms with Crippen molar-refractivity contribution in [3.8, 4) is 23.0 Å². The fourth-order valence-corrected chi connectivity index (χ4v) is 6.63. The third-order valence-electron chi connectivity index (χ3n) is 9.38. The van der Waals surface area contributed by atoms with Crippen LogP contribution in [0, 0.1) is 0 Å². The van der Waals surface area contributed by atoms with Crippen LogP contribution < -0.4 is 29.7 Å². The van der Waals surface area contributed by atoms with Crippen LogP contribution in [0.4, 0.5) is 16.2 Å². The third kappa shape index (κ3) is 7.41. The predicted octanol–water partition coefficient (Wildman–Crippen LogP) is 8.21. The number of benzene rings is 3. The molecule has 0 saturated carbocycles. The molecular formula is C37H48N4O5. The third-order valence-corrected chi connectivity index (χ3v) is 9.38. The number of carbonyl (C=O) groups is 2. The quantitative estimate of drug-likeness (QED) is 0.198. The first-order chi connectivity index (χ1) is 22.3. The van der Waals surface area contributed by atoms with Gasteiger partial charge in [0.05, 0.1) is 7.11 Å². The molecule has 3 aromatic carbocycles. The fourth-order valence-electron chi connectivity index (χ4n) is 6.63. The van der Waals surface area contributed by atoms with Crippen LogP contribution in [0.1, 0.15) is 82.5 Å². The molecule has 5 rings (SSSR count). The molecule has 246 valence electrons. The number of carbonyl (C=O) groups excluding carboxylic acids is 2. The minimum Gasteiger partial charge on any atom is -0.493 e. The maximum absolute atomic E-state index is 13.7. The lowest BCUT2D eigenvalue weighted by atomic mass is 10.0. The van der Waals surface area contributed by atoms with E-state index in [1.807, 2.05) is 62.4 Å². The summed E-state index contributed by atoms with van der Waals surface area (Å²) in [5.74, 6) is 2.34. The van der Waals surface area contributed by atoms with E-state index in [4.69, 9.17) is 14.2 Å². The summed E-state index contributed by atoms with van der Waals surface area (Å²) in [6.07, 6.45) is 8.25. The maximum atomic E-state index is 13.7. The van der Waals surface area contributed by atoms with Crippen molar-refractivity contribution in [3.05, 3.63) is 72.3 Å². The summed E-state index contributed by atoms with van der Waals surface area (Å²) in [5, 5.41) is 5.82. The van der Waals surface area contributed by atoms with Gasteiger partial charge < -0.3 is 29.7 Å². The first-order valence-electron chi connectivity index (χ1n) is 16.7. The zero-order chi connectivity index (χ0) is 32.7. The molecule has 46 heavy (non-hydrogen) atoms. The lowest BCUT2D eigenvalue weighted by Crippen LogP contribution is -2.51. The predicted molar refractivity (Wildman–Crippen MR) is 182 cm³/mol. The standard InChI is InChI=1S/C37H48N4O5/c1-6-24-41(35(42)26-11-16-32(17-12-26)46-37-22-9-10-29(21-23-37)40(37)4)30-14-18-31(19-15-30)45-33-20-13-28(25-34(33)44-5)39-36(43)38-27(7-2)8-3/h11-20,25,27,29H,6-10,21-24H2,1-5H3,(H2,38,39,43). The number of anilines is 2. The van der Waals surface area contributed by atoms with Crippen LogP contribution in [0.2, 0.25) is 0 Å². The van der Waals surface area contributed by atoms with E-state index in [0.29, 0.717) is 41.1 Å². The molecule has 2 heterocycles. The molecule has 2 aliphatic rings. The number of amides is 3. The summed E-state index contributed by atoms with van der Waals surface area (Å²) in [6.45, 7) is 6.73. The average molecular weight is 629 g/mol. The number of nitrogens with one attached hydrogen (secondary N) is 2. The molecule has 0 radical (unpaired) electrons. The molecule has 2 bridgehead atoms. The first kappa shape index (κ1) is 33.1. The highest BCUT2D eigenvalue weighted by atomic mass is 16.5. The molecule has 0 aromatic heterocycles. The Hall–Kier alpha value is -4.24. The lowest BCUT2D eigenvalue weighted by Gasteiger charge is -2.42. The van der Waals surface area contributed by atoms with Crippen LogP contribution in [-0.2, 0) is 0 Å². The smallest absolute Gasteiger partial charge is 0.319 e. The van der Waals surface area contributed by atoms with Crippen LogP contribution in [-0.4, -0.2) is 55.3 Å². The molecule has 3 amide bonds. The van der Waals surface area contributed by atoms with Crippen molar-refractivity contribution in [2.45, 2.75) is 89.9 Å². The Bertz CT molecular complexity index is 1470. The van der Waals surface area contributed by atoms with Crippen LogP contribution >= 0.6 is 0 Å². The molecule has 2 fully saturated rings. The van der Waals surface area contributed by atoms with Crippen molar-refractivity contribution in [1.29, 1.82) is 0 Å². The monoisotopic (exact) mass is 628 g/mol. The largest absolute Gasteiger partial charge is 0.493 e. The average Bonchev–Trinajstić information content (AvgIpc) is 3.22. The van der Waals surface area contributed by atoms with E-state index in [1.54, 1.807) is 30.2 Å². The number of fused-ring (bicyclic) bond motifs is 2. The van der Waals surface area contributed by atoms with E-state index in [1.165, 1.54) is 19.3 Å². The minimum absolute atomic E-state index is 0.0612. The first-order valence-corrected chi connectivity index (χ1v) is 16.7. The highest BCUT2D eigenvalue weighted by Crippen LogP contribution is 2.44. The van der Waals surface area contributed by atoms with Gasteiger partial charge in [0.2, 0.25) is 0 Å². The fraction of sp³-hybridized carbons (Fsp3) is 0.459. The Morgan fingerprint density at radius 2 is 1.65 bits per heavy atom. The van der Waals surface area contributed by atoms with Gasteiger partial charge in [0.25, 0.3) is 5.91 Å². The molecule has 9 heteroatoms. The van der Waals surface area contributed by atoms with Crippen molar-refractivity contribution in [2.75, 3.05) is 30.9 Å². The van der Waals surface area contributed by atoms with Crippen LogP contribution in [0.5, 0.6) is 23.0 Å². The Labute approximate surface area is 273 Å². The van der Waals surface area contributed by atoms with Crippen LogP contribution in [0.15, 0.2) is 66.7 Å². The van der Waals surface area contributed by atoms with E-state index in [2.05, 4.69) is 29.5 Å². The number of rotatable bonds is 13. The molecule has 3 aromatic rings. The molecule has 9 nitrogen and oxygen atoms in total. The highest BCUT2D eigenvalue weighted by molar-refractivity contribution is 6.06. The van der Waals surface area contributed by atoms with Gasteiger partial charge in [-0.05, 0) is 106 Å². The molecule has 2 saturated heterocycles. The van der Waals surface area contributed by atoms with Crippen LogP contribution in [0.25, 0.3) is 0 Å². The minimum atomic E-state index is -0.255. The van der Waals surface area contributed by atoms with Gasteiger partial charge in [0.15, 0.2) is 17.2 Å². The Morgan fingerprint density at radius 1 is 0.935 bits per heavy atom. The van der Waals surface area contributed by atoms with E-state index in [-0.39, 0.29) is 23.7 Å².